The number of nitrogens with zero attached hydrogens (tertiary/aromatic N) is 4. The van der Waals surface area contributed by atoms with E-state index in [1.54, 1.807) is 30.9 Å². The lowest BCUT2D eigenvalue weighted by atomic mass is 10.3. The van der Waals surface area contributed by atoms with Gasteiger partial charge in [-0.3, -0.25) is 0 Å². The number of sulfonamides is 1. The Morgan fingerprint density at radius 2 is 1.96 bits per heavy atom. The summed E-state index contributed by atoms with van der Waals surface area (Å²) in [5.74, 6) is 0.412. The van der Waals surface area contributed by atoms with Crippen LogP contribution in [0.5, 0.6) is 0 Å². The number of methoxy groups -OCH3 is 1. The van der Waals surface area contributed by atoms with Gasteiger partial charge < -0.3 is 14.6 Å². The van der Waals surface area contributed by atoms with E-state index >= 15 is 0 Å². The highest BCUT2D eigenvalue weighted by Crippen LogP contribution is 2.20. The smallest absolute Gasteiger partial charge is 0.240 e. The minimum atomic E-state index is -3.56. The Balaban J connectivity index is 1.73. The van der Waals surface area contributed by atoms with Crippen LogP contribution in [0.4, 0.5) is 11.6 Å². The normalized spacial score (nSPS) is 11.5. The quantitative estimate of drug-likeness (QED) is 0.527. The van der Waals surface area contributed by atoms with Crippen molar-refractivity contribution in [2.45, 2.75) is 18.4 Å². The number of imidazole rings is 1. The van der Waals surface area contributed by atoms with Crippen molar-refractivity contribution in [1.29, 1.82) is 0 Å². The lowest BCUT2D eigenvalue weighted by molar-refractivity contribution is 0.204. The molecule has 2 heterocycles. The molecular formula is C18H22N6O3S. The highest BCUT2D eigenvalue weighted by Gasteiger charge is 2.13. The van der Waals surface area contributed by atoms with E-state index in [2.05, 4.69) is 25.0 Å². The average Bonchev–Trinajstić information content (AvgIpc) is 3.18. The predicted molar refractivity (Wildman–Crippen MR) is 106 cm³/mol. The Kier molecular flexibility index (Phi) is 6.34. The van der Waals surface area contributed by atoms with Crippen LogP contribution in [0, 0.1) is 0 Å². The van der Waals surface area contributed by atoms with Gasteiger partial charge in [-0.1, -0.05) is 0 Å². The molecule has 3 rings (SSSR count). The van der Waals surface area contributed by atoms with Gasteiger partial charge in [0.25, 0.3) is 0 Å². The van der Waals surface area contributed by atoms with E-state index in [0.717, 1.165) is 17.9 Å². The molecule has 0 amide bonds. The number of benzene rings is 1. The number of anilines is 2. The van der Waals surface area contributed by atoms with Gasteiger partial charge in [-0.15, -0.1) is 0 Å². The van der Waals surface area contributed by atoms with E-state index in [0.29, 0.717) is 18.2 Å². The predicted octanol–water partition coefficient (Wildman–Crippen LogP) is 2.03. The fourth-order valence-corrected chi connectivity index (χ4v) is 3.57. The van der Waals surface area contributed by atoms with Crippen molar-refractivity contribution in [3.8, 4) is 11.4 Å². The van der Waals surface area contributed by atoms with Gasteiger partial charge in [-0.2, -0.15) is 0 Å². The van der Waals surface area contributed by atoms with Gasteiger partial charge in [-0.05, 0) is 37.3 Å². The van der Waals surface area contributed by atoms with Crippen LogP contribution in [0.1, 0.15) is 6.92 Å². The molecule has 0 saturated heterocycles. The number of nitrogens with one attached hydrogen (secondary N) is 2. The van der Waals surface area contributed by atoms with Crippen LogP contribution in [-0.2, 0) is 21.3 Å². The summed E-state index contributed by atoms with van der Waals surface area (Å²) < 4.78 is 33.7. The van der Waals surface area contributed by atoms with Crippen LogP contribution in [-0.4, -0.2) is 48.2 Å². The van der Waals surface area contributed by atoms with Gasteiger partial charge >= 0.3 is 0 Å². The van der Waals surface area contributed by atoms with Crippen molar-refractivity contribution in [2.24, 2.45) is 0 Å². The molecule has 0 atom stereocenters. The van der Waals surface area contributed by atoms with E-state index in [1.165, 1.54) is 19.2 Å². The van der Waals surface area contributed by atoms with Crippen LogP contribution in [0.15, 0.2) is 53.9 Å². The molecule has 0 spiro atoms. The second kappa shape index (κ2) is 8.91. The zero-order chi connectivity index (χ0) is 20.0. The third-order valence-corrected chi connectivity index (χ3v) is 5.47. The first-order valence-electron chi connectivity index (χ1n) is 8.72. The Morgan fingerprint density at radius 3 is 2.68 bits per heavy atom. The molecule has 0 saturated carbocycles. The van der Waals surface area contributed by atoms with E-state index in [-0.39, 0.29) is 11.4 Å². The Hall–Kier alpha value is -2.82. The second-order valence-corrected chi connectivity index (χ2v) is 7.64. The highest BCUT2D eigenvalue weighted by molar-refractivity contribution is 7.89. The molecule has 0 unspecified atom stereocenters. The summed E-state index contributed by atoms with van der Waals surface area (Å²) in [5.41, 5.74) is 2.33. The van der Waals surface area contributed by atoms with Crippen LogP contribution in [0.3, 0.4) is 0 Å². The Labute approximate surface area is 163 Å². The lowest BCUT2D eigenvalue weighted by Crippen LogP contribution is -2.27. The van der Waals surface area contributed by atoms with E-state index in [1.807, 2.05) is 17.6 Å². The lowest BCUT2D eigenvalue weighted by Gasteiger charge is -2.09. The maximum Gasteiger partial charge on any atom is 0.240 e. The van der Waals surface area contributed by atoms with Gasteiger partial charge in [0.2, 0.25) is 16.0 Å². The molecule has 0 radical (unpaired) electrons. The molecule has 0 fully saturated rings. The van der Waals surface area contributed by atoms with Crippen molar-refractivity contribution in [3.05, 3.63) is 49.1 Å². The Bertz CT molecular complexity index is 1020. The first-order chi connectivity index (χ1) is 13.5. The van der Waals surface area contributed by atoms with Gasteiger partial charge in [0, 0.05) is 32.1 Å². The summed E-state index contributed by atoms with van der Waals surface area (Å²) in [5, 5.41) is 3.09. The summed E-state index contributed by atoms with van der Waals surface area (Å²) in [6.45, 7) is 3.35. The molecule has 9 nitrogen and oxygen atoms in total. The number of aryl methyl sites for hydroxylation is 1. The molecule has 2 aromatic heterocycles. The largest absolute Gasteiger partial charge is 0.383 e. The van der Waals surface area contributed by atoms with Gasteiger partial charge in [0.05, 0.1) is 35.4 Å². The molecule has 3 aromatic rings. The van der Waals surface area contributed by atoms with Crippen LogP contribution >= 0.6 is 0 Å². The van der Waals surface area contributed by atoms with E-state index < -0.39 is 10.0 Å². The third-order valence-electron chi connectivity index (χ3n) is 3.99. The van der Waals surface area contributed by atoms with E-state index in [9.17, 15) is 8.42 Å². The van der Waals surface area contributed by atoms with E-state index in [4.69, 9.17) is 4.74 Å². The van der Waals surface area contributed by atoms with Crippen molar-refractivity contribution < 1.29 is 13.2 Å². The number of hydrogen-bond acceptors (Lipinski definition) is 7. The van der Waals surface area contributed by atoms with Crippen molar-refractivity contribution in [3.63, 3.8) is 0 Å². The number of hydrogen-bond donors (Lipinski definition) is 2. The minimum absolute atomic E-state index is 0.177. The first kappa shape index (κ1) is 19.9. The number of ether oxygens (including phenoxy) is 1. The highest BCUT2D eigenvalue weighted by atomic mass is 32.2. The molecule has 148 valence electrons. The molecule has 10 heteroatoms. The summed E-state index contributed by atoms with van der Waals surface area (Å²) in [6, 6.07) is 8.19. The second-order valence-electron chi connectivity index (χ2n) is 5.87. The van der Waals surface area contributed by atoms with Crippen LogP contribution in [0.25, 0.3) is 11.4 Å². The van der Waals surface area contributed by atoms with Gasteiger partial charge in [-0.25, -0.2) is 28.1 Å². The first-order valence-corrected chi connectivity index (χ1v) is 10.2. The van der Waals surface area contributed by atoms with Crippen LogP contribution in [0.2, 0.25) is 0 Å². The third kappa shape index (κ3) is 4.71. The zero-order valence-corrected chi connectivity index (χ0v) is 16.5. The fourth-order valence-electron chi connectivity index (χ4n) is 2.56. The molecule has 28 heavy (non-hydrogen) atoms. The van der Waals surface area contributed by atoms with Gasteiger partial charge in [0.15, 0.2) is 0 Å². The minimum Gasteiger partial charge on any atom is -0.383 e. The standard InChI is InChI=1S/C18H22N6O3S/c1-3-24-13-19-12-17(24)16-8-9-20-18(23-16)22-14-4-6-15(7-5-14)28(25,26)21-10-11-27-2/h4-9,12-13,21H,3,10-11H2,1-2H3,(H,20,22,23). The summed E-state index contributed by atoms with van der Waals surface area (Å²) in [4.78, 5) is 13.1. The molecule has 0 aliphatic rings. The summed E-state index contributed by atoms with van der Waals surface area (Å²) in [7, 11) is -2.05. The van der Waals surface area contributed by atoms with Crippen molar-refractivity contribution >= 4 is 21.7 Å². The van der Waals surface area contributed by atoms with Crippen molar-refractivity contribution in [1.82, 2.24) is 24.2 Å². The number of rotatable bonds is 9. The SMILES string of the molecule is CCn1cncc1-c1ccnc(Nc2ccc(S(=O)(=O)NCCOC)cc2)n1. The molecule has 0 aliphatic heterocycles. The average molecular weight is 402 g/mol. The molecule has 2 N–H and O–H groups in total. The zero-order valence-electron chi connectivity index (χ0n) is 15.7. The van der Waals surface area contributed by atoms with Crippen molar-refractivity contribution in [2.75, 3.05) is 25.6 Å². The maximum atomic E-state index is 12.2. The van der Waals surface area contributed by atoms with Gasteiger partial charge in [0.1, 0.15) is 0 Å². The topological polar surface area (TPSA) is 111 Å². The molecular weight excluding hydrogens is 380 g/mol. The molecule has 0 aliphatic carbocycles. The van der Waals surface area contributed by atoms with Crippen LogP contribution < -0.4 is 10.0 Å². The Morgan fingerprint density at radius 1 is 1.18 bits per heavy atom. The molecule has 1 aromatic carbocycles. The molecule has 0 bridgehead atoms. The summed E-state index contributed by atoms with van der Waals surface area (Å²) >= 11 is 0. The summed E-state index contributed by atoms with van der Waals surface area (Å²) in [6.07, 6.45) is 5.17. The number of aromatic nitrogens is 4. The fraction of sp³-hybridized carbons (Fsp3) is 0.278. The monoisotopic (exact) mass is 402 g/mol. The maximum absolute atomic E-state index is 12.2.